The topological polar surface area (TPSA) is 76.1 Å². The number of nitrogens with one attached hydrogen (secondary N) is 1. The van der Waals surface area contributed by atoms with Crippen molar-refractivity contribution in [1.82, 2.24) is 9.55 Å². The molecule has 0 saturated heterocycles. The lowest BCUT2D eigenvalue weighted by Crippen LogP contribution is -2.08. The second-order valence-electron chi connectivity index (χ2n) is 7.35. The minimum atomic E-state index is -4.38. The molecule has 3 aromatic carbocycles. The van der Waals surface area contributed by atoms with Gasteiger partial charge in [-0.1, -0.05) is 30.3 Å². The van der Waals surface area contributed by atoms with E-state index in [1.165, 1.54) is 12.1 Å². The first-order valence-electron chi connectivity index (χ1n) is 9.67. The molecule has 0 saturated carbocycles. The summed E-state index contributed by atoms with van der Waals surface area (Å²) in [6.45, 7) is 2.39. The average molecular weight is 426 g/mol. The predicted molar refractivity (Wildman–Crippen MR) is 114 cm³/mol. The first-order chi connectivity index (χ1) is 14.8. The van der Waals surface area contributed by atoms with Crippen molar-refractivity contribution in [2.75, 3.05) is 5.32 Å². The van der Waals surface area contributed by atoms with E-state index in [1.807, 2.05) is 41.8 Å². The molecule has 0 aliphatic rings. The van der Waals surface area contributed by atoms with Gasteiger partial charge in [-0.05, 0) is 48.4 Å². The monoisotopic (exact) mass is 426 g/mol. The quantitative estimate of drug-likeness (QED) is 0.378. The maximum atomic E-state index is 12.9. The van der Waals surface area contributed by atoms with Crippen LogP contribution in [0.2, 0.25) is 0 Å². The average Bonchev–Trinajstić information content (AvgIpc) is 3.07. The molecule has 0 bridgehead atoms. The molecule has 0 aliphatic heterocycles. The van der Waals surface area contributed by atoms with Crippen molar-refractivity contribution in [3.63, 3.8) is 0 Å². The van der Waals surface area contributed by atoms with Gasteiger partial charge in [-0.25, -0.2) is 4.98 Å². The van der Waals surface area contributed by atoms with Crippen LogP contribution < -0.4 is 11.1 Å². The number of anilines is 2. The predicted octanol–water partition coefficient (Wildman–Crippen LogP) is 5.32. The molecule has 1 aromatic heterocycles. The second-order valence-corrected chi connectivity index (χ2v) is 7.35. The van der Waals surface area contributed by atoms with Crippen LogP contribution in [0.15, 0.2) is 60.7 Å². The van der Waals surface area contributed by atoms with Gasteiger partial charge in [0.15, 0.2) is 0 Å². The van der Waals surface area contributed by atoms with Gasteiger partial charge < -0.3 is 20.7 Å². The van der Waals surface area contributed by atoms with Crippen LogP contribution in [0, 0.1) is 6.92 Å². The van der Waals surface area contributed by atoms with Gasteiger partial charge in [0.1, 0.15) is 5.75 Å². The van der Waals surface area contributed by atoms with E-state index >= 15 is 0 Å². The molecular weight excluding hydrogens is 405 g/mol. The van der Waals surface area contributed by atoms with Gasteiger partial charge in [0.05, 0.1) is 28.8 Å². The number of phenolic OH excluding ortho intramolecular Hbond substituents is 1. The number of fused-ring (bicyclic) bond motifs is 1. The summed E-state index contributed by atoms with van der Waals surface area (Å²) in [5.41, 5.74) is 9.26. The molecule has 4 rings (SSSR count). The molecule has 31 heavy (non-hydrogen) atoms. The third-order valence-corrected chi connectivity index (χ3v) is 5.08. The minimum absolute atomic E-state index is 0.0428. The van der Waals surface area contributed by atoms with Gasteiger partial charge in [0.25, 0.3) is 0 Å². The van der Waals surface area contributed by atoms with Crippen molar-refractivity contribution in [3.8, 4) is 5.75 Å². The number of halogens is 3. The molecule has 0 unspecified atom stereocenters. The van der Waals surface area contributed by atoms with Crippen molar-refractivity contribution in [3.05, 3.63) is 82.9 Å². The zero-order chi connectivity index (χ0) is 22.2. The SMILES string of the molecule is Cc1cc(CN)c(O)c(Nc2nc3ccccc3n2Cc2ccc(C(F)(F)F)cc2)c1. The van der Waals surface area contributed by atoms with Gasteiger partial charge in [-0.15, -0.1) is 0 Å². The maximum Gasteiger partial charge on any atom is 0.416 e. The summed E-state index contributed by atoms with van der Waals surface area (Å²) >= 11 is 0. The number of nitrogens with zero attached hydrogens (tertiary/aromatic N) is 2. The number of hydrogen-bond donors (Lipinski definition) is 3. The van der Waals surface area contributed by atoms with Gasteiger partial charge in [0.2, 0.25) is 5.95 Å². The van der Waals surface area contributed by atoms with Crippen LogP contribution in [0.25, 0.3) is 11.0 Å². The molecule has 4 aromatic rings. The highest BCUT2D eigenvalue weighted by molar-refractivity contribution is 5.80. The number of aryl methyl sites for hydroxylation is 1. The number of nitrogens with two attached hydrogens (primary N) is 1. The minimum Gasteiger partial charge on any atom is -0.505 e. The highest BCUT2D eigenvalue weighted by Crippen LogP contribution is 2.33. The largest absolute Gasteiger partial charge is 0.505 e. The van der Waals surface area contributed by atoms with Crippen molar-refractivity contribution >= 4 is 22.7 Å². The van der Waals surface area contributed by atoms with Gasteiger partial charge in [-0.3, -0.25) is 0 Å². The standard InChI is InChI=1S/C23H21F3N4O/c1-14-10-16(12-27)21(31)19(11-14)29-22-28-18-4-2-3-5-20(18)30(22)13-15-6-8-17(9-7-15)23(24,25)26/h2-11,31H,12-13,27H2,1H3,(H,28,29). The fourth-order valence-electron chi connectivity index (χ4n) is 3.54. The molecule has 160 valence electrons. The van der Waals surface area contributed by atoms with E-state index in [1.54, 1.807) is 6.07 Å². The molecule has 0 atom stereocenters. The summed E-state index contributed by atoms with van der Waals surface area (Å²) in [5.74, 6) is 0.506. The van der Waals surface area contributed by atoms with E-state index < -0.39 is 11.7 Å². The van der Waals surface area contributed by atoms with E-state index in [9.17, 15) is 18.3 Å². The van der Waals surface area contributed by atoms with Crippen LogP contribution in [-0.4, -0.2) is 14.7 Å². The Hall–Kier alpha value is -3.52. The van der Waals surface area contributed by atoms with Crippen molar-refractivity contribution < 1.29 is 18.3 Å². The molecule has 5 nitrogen and oxygen atoms in total. The van der Waals surface area contributed by atoms with E-state index in [0.29, 0.717) is 29.3 Å². The molecule has 0 fully saturated rings. The van der Waals surface area contributed by atoms with Crippen LogP contribution >= 0.6 is 0 Å². The lowest BCUT2D eigenvalue weighted by atomic mass is 10.1. The number of hydrogen-bond acceptors (Lipinski definition) is 4. The van der Waals surface area contributed by atoms with Gasteiger partial charge in [-0.2, -0.15) is 13.2 Å². The van der Waals surface area contributed by atoms with E-state index in [2.05, 4.69) is 10.3 Å². The first-order valence-corrected chi connectivity index (χ1v) is 9.67. The normalized spacial score (nSPS) is 11.8. The number of aromatic hydroxyl groups is 1. The van der Waals surface area contributed by atoms with E-state index in [0.717, 1.165) is 28.7 Å². The molecule has 0 aliphatic carbocycles. The summed E-state index contributed by atoms with van der Waals surface area (Å²) < 4.78 is 40.5. The number of benzene rings is 3. The molecule has 0 spiro atoms. The number of imidazole rings is 1. The Morgan fingerprint density at radius 3 is 2.45 bits per heavy atom. The molecular formula is C23H21F3N4O. The van der Waals surface area contributed by atoms with Gasteiger partial charge >= 0.3 is 6.18 Å². The zero-order valence-electron chi connectivity index (χ0n) is 16.7. The fraction of sp³-hybridized carbons (Fsp3) is 0.174. The number of para-hydroxylation sites is 2. The Kier molecular flexibility index (Phi) is 5.32. The molecule has 4 N–H and O–H groups in total. The summed E-state index contributed by atoms with van der Waals surface area (Å²) in [4.78, 5) is 4.62. The third-order valence-electron chi connectivity index (χ3n) is 5.08. The van der Waals surface area contributed by atoms with Gasteiger partial charge in [0, 0.05) is 12.1 Å². The van der Waals surface area contributed by atoms with Crippen molar-refractivity contribution in [2.45, 2.75) is 26.2 Å². The first kappa shape index (κ1) is 20.7. The number of phenols is 1. The van der Waals surface area contributed by atoms with Crippen LogP contribution in [0.5, 0.6) is 5.75 Å². The highest BCUT2D eigenvalue weighted by Gasteiger charge is 2.30. The number of alkyl halides is 3. The Morgan fingerprint density at radius 2 is 1.77 bits per heavy atom. The Labute approximate surface area is 177 Å². The smallest absolute Gasteiger partial charge is 0.416 e. The summed E-state index contributed by atoms with van der Waals surface area (Å²) in [5, 5.41) is 13.7. The maximum absolute atomic E-state index is 12.9. The Bertz CT molecular complexity index is 1230. The summed E-state index contributed by atoms with van der Waals surface area (Å²) in [7, 11) is 0. The lowest BCUT2D eigenvalue weighted by Gasteiger charge is -2.15. The number of aromatic nitrogens is 2. The molecule has 0 radical (unpaired) electrons. The van der Waals surface area contributed by atoms with Crippen LogP contribution in [0.1, 0.15) is 22.3 Å². The third kappa shape index (κ3) is 4.20. The summed E-state index contributed by atoms with van der Waals surface area (Å²) in [6, 6.07) is 16.1. The highest BCUT2D eigenvalue weighted by atomic mass is 19.4. The zero-order valence-corrected chi connectivity index (χ0v) is 16.7. The van der Waals surface area contributed by atoms with Crippen molar-refractivity contribution in [1.29, 1.82) is 0 Å². The lowest BCUT2D eigenvalue weighted by molar-refractivity contribution is -0.137. The molecule has 1 heterocycles. The Morgan fingerprint density at radius 1 is 1.06 bits per heavy atom. The van der Waals surface area contributed by atoms with Crippen LogP contribution in [-0.2, 0) is 19.3 Å². The van der Waals surface area contributed by atoms with Crippen LogP contribution in [0.4, 0.5) is 24.8 Å². The van der Waals surface area contributed by atoms with E-state index in [-0.39, 0.29) is 12.3 Å². The Balaban J connectivity index is 1.74. The molecule has 0 amide bonds. The van der Waals surface area contributed by atoms with E-state index in [4.69, 9.17) is 5.73 Å². The van der Waals surface area contributed by atoms with Crippen LogP contribution in [0.3, 0.4) is 0 Å². The fourth-order valence-corrected chi connectivity index (χ4v) is 3.54. The second kappa shape index (κ2) is 7.96. The van der Waals surface area contributed by atoms with Crippen molar-refractivity contribution in [2.24, 2.45) is 5.73 Å². The summed E-state index contributed by atoms with van der Waals surface area (Å²) in [6.07, 6.45) is -4.38. The molecule has 8 heteroatoms. The number of rotatable bonds is 5.